The summed E-state index contributed by atoms with van der Waals surface area (Å²) in [7, 11) is -9.76. The topological polar surface area (TPSA) is 19.7 Å². The molecule has 6 heteroatoms. The van der Waals surface area contributed by atoms with Gasteiger partial charge in [-0.3, -0.25) is 0 Å². The smallest absolute Gasteiger partial charge is 0.179 e. The Kier molecular flexibility index (Phi) is 8.82. The van der Waals surface area contributed by atoms with Crippen LogP contribution in [0, 0.1) is 0 Å². The van der Waals surface area contributed by atoms with Crippen LogP contribution in [0.5, 0.6) is 0 Å². The molecular weight excluding hydrogens is 1270 g/mol. The monoisotopic (exact) mass is 1360 g/mol. The fraction of sp³-hybridized carbons (Fsp3) is 0. The minimum Gasteiger partial charge on any atom is -0.309 e. The van der Waals surface area contributed by atoms with Gasteiger partial charge < -0.3 is 18.3 Å². The van der Waals surface area contributed by atoms with Crippen molar-refractivity contribution in [1.82, 2.24) is 18.3 Å². The molecule has 0 atom stereocenters. The SMILES string of the molecule is [2H]c1c([2H])c([2H])c([Si](c2ccccc2)(c2c([2H])c([2H])c([2H])c([2H])c2[2H])c2c([2H])c([2H])c([2H])c(-n3c4ccccc4c4cc(-n5c6ccccc6c6c([2H])c([2H])c([2H])c([2H])c65)ccc43)c2[2H])c([2H])c1[2H].[2H]c1c([2H])c([2H])c([Si](c2ccccc2)(c2cccc(-n3c4ccccc4c4cc(-n5c6ccccc6c6c([2H])c([2H])c([2H])c([2H])c65)ccc43)c2)c2c([2H])c([2H])c([2H])c([2H])c2[2H])c([2H])c1[2H]. The highest BCUT2D eigenvalue weighted by Gasteiger charge is 2.43. The number of hydrogen-bond donors (Lipinski definition) is 0. The number of para-hydroxylation sites is 6. The van der Waals surface area contributed by atoms with Gasteiger partial charge >= 0.3 is 0 Å². The van der Waals surface area contributed by atoms with E-state index in [1.165, 1.54) is 12.1 Å². The van der Waals surface area contributed by atoms with E-state index >= 15 is 0 Å². The average Bonchev–Trinajstić information content (AvgIpc) is 1.16. The summed E-state index contributed by atoms with van der Waals surface area (Å²) in [6, 6.07) is 45.0. The predicted molar refractivity (Wildman–Crippen MR) is 437 cm³/mol. The van der Waals surface area contributed by atoms with Crippen LogP contribution in [0.4, 0.5) is 0 Å². The van der Waals surface area contributed by atoms with E-state index in [1.54, 1.807) is 137 Å². The van der Waals surface area contributed by atoms with Gasteiger partial charge in [0.05, 0.1) is 88.0 Å². The third-order valence-electron chi connectivity index (χ3n) is 19.1. The molecule has 4 heterocycles. The second kappa shape index (κ2) is 25.2. The molecule has 0 aliphatic heterocycles. The Balaban J connectivity index is 0.000000173. The van der Waals surface area contributed by atoms with Crippen LogP contribution < -0.4 is 41.5 Å². The Labute approximate surface area is 639 Å². The van der Waals surface area contributed by atoms with Crippen molar-refractivity contribution in [2.75, 3.05) is 0 Å². The molecule has 0 unspecified atom stereocenters. The largest absolute Gasteiger partial charge is 0.309 e. The molecule has 4 aromatic heterocycles. The predicted octanol–water partition coefficient (Wildman–Crippen LogP) is 18.5. The summed E-state index contributed by atoms with van der Waals surface area (Å²) in [5.41, 5.74) is 5.66. The van der Waals surface area contributed by atoms with Crippen LogP contribution in [0.2, 0.25) is 0 Å². The van der Waals surface area contributed by atoms with Gasteiger partial charge in [0, 0.05) is 65.8 Å². The average molecular weight is 1370 g/mol. The Hall–Kier alpha value is -12.8. The minimum atomic E-state index is -5.24. The summed E-state index contributed by atoms with van der Waals surface area (Å²) >= 11 is 0. The van der Waals surface area contributed by atoms with Gasteiger partial charge in [-0.2, -0.15) is 0 Å². The standard InChI is InChI=1S/2C48H34N2Si/c2*1-4-18-37(19-5-1)51(38-20-6-2-7-21-38,39-22-8-3-9-23-39)40-24-16-17-35(33-40)49-47-30-15-12-27-43(47)44-34-36(31-32-48(44)49)50-45-28-13-10-25-41(45)42-26-11-14-29-46(42)50/h2*1-34H/i1D,2D,4D,5D,6D,7D,10D,13D,16D,17D,18D,19D,20D,21D,24D,25D,28D,33D;1D,2D,4D,5D,6D,7D,10D,13D,18D,19D,20D,21D,25D,28D. The number of fused-ring (bicyclic) bond motifs is 12. The van der Waals surface area contributed by atoms with Crippen molar-refractivity contribution < 1.29 is 43.9 Å². The van der Waals surface area contributed by atoms with E-state index < -0.39 is 183 Å². The maximum Gasteiger partial charge on any atom is 0.179 e. The molecule has 480 valence electrons. The van der Waals surface area contributed by atoms with Crippen molar-refractivity contribution in [3.05, 3.63) is 412 Å². The molecular formula is C96H68N4Si2. The van der Waals surface area contributed by atoms with Crippen LogP contribution in [0.15, 0.2) is 412 Å². The van der Waals surface area contributed by atoms with E-state index in [0.29, 0.717) is 87.3 Å². The molecule has 20 rings (SSSR count). The molecule has 0 saturated carbocycles. The van der Waals surface area contributed by atoms with Crippen LogP contribution in [0.3, 0.4) is 0 Å². The molecule has 0 radical (unpaired) electrons. The second-order valence-corrected chi connectivity index (χ2v) is 31.5. The van der Waals surface area contributed by atoms with E-state index in [2.05, 4.69) is 0 Å². The number of hydrogen-bond acceptors (Lipinski definition) is 0. The van der Waals surface area contributed by atoms with E-state index in [-0.39, 0.29) is 69.1 Å². The quantitative estimate of drug-likeness (QED) is 0.0858. The molecule has 4 nitrogen and oxygen atoms in total. The van der Waals surface area contributed by atoms with Crippen molar-refractivity contribution >= 4 is 145 Å². The first-order chi connectivity index (χ1) is 63.9. The third-order valence-corrected chi connectivity index (χ3v) is 27.7. The second-order valence-electron chi connectivity index (χ2n) is 24.3. The first-order valence-corrected chi connectivity index (χ1v) is 36.6. The minimum absolute atomic E-state index is 0.0724. The summed E-state index contributed by atoms with van der Waals surface area (Å²) in [5, 5.41) is 3.91. The fourth-order valence-electron chi connectivity index (χ4n) is 14.9. The zero-order chi connectivity index (χ0) is 95.4. The van der Waals surface area contributed by atoms with Gasteiger partial charge in [-0.25, -0.2) is 0 Å². The maximum absolute atomic E-state index is 10.4. The Morgan fingerprint density at radius 3 is 0.922 bits per heavy atom. The molecule has 0 aliphatic rings. The van der Waals surface area contributed by atoms with Gasteiger partial charge in [-0.1, -0.05) is 315 Å². The highest BCUT2D eigenvalue weighted by molar-refractivity contribution is 7.20. The van der Waals surface area contributed by atoms with Gasteiger partial charge in [0.1, 0.15) is 0 Å². The molecule has 0 fully saturated rings. The van der Waals surface area contributed by atoms with Crippen molar-refractivity contribution in [3.8, 4) is 22.7 Å². The van der Waals surface area contributed by atoms with Crippen molar-refractivity contribution in [1.29, 1.82) is 0 Å². The molecule has 0 bridgehead atoms. The zero-order valence-corrected chi connectivity index (χ0v) is 55.6. The molecule has 0 aliphatic carbocycles. The first kappa shape index (κ1) is 35.8. The molecule has 0 N–H and O–H groups in total. The number of rotatable bonds is 12. The summed E-state index contributed by atoms with van der Waals surface area (Å²) < 4.78 is 297. The van der Waals surface area contributed by atoms with Crippen LogP contribution in [-0.2, 0) is 0 Å². The van der Waals surface area contributed by atoms with Crippen molar-refractivity contribution in [2.24, 2.45) is 0 Å². The van der Waals surface area contributed by atoms with Crippen LogP contribution in [0.25, 0.3) is 110 Å². The van der Waals surface area contributed by atoms with E-state index in [9.17, 15) is 16.4 Å². The summed E-state index contributed by atoms with van der Waals surface area (Å²) in [5.74, 6) is 0. The summed E-state index contributed by atoms with van der Waals surface area (Å²) in [6.07, 6.45) is 0. The lowest BCUT2D eigenvalue weighted by atomic mass is 10.1. The Morgan fingerprint density at radius 1 is 0.176 bits per heavy atom. The molecule has 0 saturated heterocycles. The third kappa shape index (κ3) is 9.63. The lowest BCUT2D eigenvalue weighted by molar-refractivity contribution is 1.17. The molecule has 20 aromatic rings. The van der Waals surface area contributed by atoms with Crippen molar-refractivity contribution in [3.63, 3.8) is 0 Å². The van der Waals surface area contributed by atoms with Gasteiger partial charge in [-0.05, 0) is 138 Å². The molecule has 16 aromatic carbocycles. The van der Waals surface area contributed by atoms with Gasteiger partial charge in [-0.15, -0.1) is 0 Å². The Bertz CT molecular complexity index is 8310. The lowest BCUT2D eigenvalue weighted by Gasteiger charge is -2.34. The van der Waals surface area contributed by atoms with E-state index in [0.717, 1.165) is 21.8 Å². The number of aromatic nitrogens is 4. The zero-order valence-electron chi connectivity index (χ0n) is 85.6. The molecule has 0 spiro atoms. The highest BCUT2D eigenvalue weighted by atomic mass is 28.3. The first-order valence-electron chi connectivity index (χ1n) is 48.6. The van der Waals surface area contributed by atoms with Gasteiger partial charge in [0.25, 0.3) is 0 Å². The number of benzene rings is 16. The van der Waals surface area contributed by atoms with Crippen LogP contribution in [-0.4, -0.2) is 34.4 Å². The summed E-state index contributed by atoms with van der Waals surface area (Å²) in [4.78, 5) is 0. The fourth-order valence-corrected chi connectivity index (χ4v) is 22.9. The van der Waals surface area contributed by atoms with Gasteiger partial charge in [0.2, 0.25) is 0 Å². The summed E-state index contributed by atoms with van der Waals surface area (Å²) in [6.45, 7) is 0. The molecule has 0 amide bonds. The van der Waals surface area contributed by atoms with Crippen molar-refractivity contribution in [2.45, 2.75) is 0 Å². The van der Waals surface area contributed by atoms with Gasteiger partial charge in [0.15, 0.2) is 16.1 Å². The number of nitrogens with zero attached hydrogens (tertiary/aromatic N) is 4. The van der Waals surface area contributed by atoms with Crippen LogP contribution in [0.1, 0.15) is 43.9 Å². The van der Waals surface area contributed by atoms with Crippen LogP contribution >= 0.6 is 0 Å². The normalized spacial score (nSPS) is 16.3. The van der Waals surface area contributed by atoms with E-state index in [1.807, 2.05) is 88.0 Å². The maximum atomic E-state index is 10.4. The lowest BCUT2D eigenvalue weighted by Crippen LogP contribution is -2.74. The van der Waals surface area contributed by atoms with E-state index in [4.69, 9.17) is 27.4 Å². The molecule has 102 heavy (non-hydrogen) atoms. The highest BCUT2D eigenvalue weighted by Crippen LogP contribution is 2.39. The Morgan fingerprint density at radius 2 is 0.490 bits per heavy atom.